The van der Waals surface area contributed by atoms with E-state index in [4.69, 9.17) is 16.3 Å². The summed E-state index contributed by atoms with van der Waals surface area (Å²) in [5.41, 5.74) is 0. The highest BCUT2D eigenvalue weighted by Gasteiger charge is 2.18. The van der Waals surface area contributed by atoms with Gasteiger partial charge in [0.15, 0.2) is 0 Å². The average molecular weight is 216 g/mol. The fourth-order valence-corrected chi connectivity index (χ4v) is 2.03. The Morgan fingerprint density at radius 1 is 1.54 bits per heavy atom. The van der Waals surface area contributed by atoms with Gasteiger partial charge in [-0.15, -0.1) is 11.8 Å². The molecule has 0 aromatic carbocycles. The normalized spacial score (nSPS) is 17.0. The predicted octanol–water partition coefficient (Wildman–Crippen LogP) is 2.47. The molecule has 0 bridgehead atoms. The number of halogens is 1. The first-order valence-electron chi connectivity index (χ1n) is 4.17. The third kappa shape index (κ3) is 2.59. The molecular weight excluding hydrogens is 206 g/mol. The van der Waals surface area contributed by atoms with E-state index in [0.717, 1.165) is 24.0 Å². The highest BCUT2D eigenvalue weighted by Crippen LogP contribution is 2.23. The minimum atomic E-state index is 0.691. The standard InChI is InChI=1S/C9H10ClNOS/c10-8-1-2-9(11-3-8)13-6-7-4-12-5-7/h1-3,7H,4-6H2. The van der Waals surface area contributed by atoms with Crippen LogP contribution in [0.3, 0.4) is 0 Å². The Morgan fingerprint density at radius 2 is 2.38 bits per heavy atom. The molecule has 1 aliphatic rings. The fraction of sp³-hybridized carbons (Fsp3) is 0.444. The average Bonchev–Trinajstić information content (AvgIpc) is 2.05. The summed E-state index contributed by atoms with van der Waals surface area (Å²) in [7, 11) is 0. The molecule has 1 aromatic heterocycles. The fourth-order valence-electron chi connectivity index (χ4n) is 1.03. The second-order valence-corrected chi connectivity index (χ2v) is 4.51. The van der Waals surface area contributed by atoms with E-state index in [0.29, 0.717) is 10.9 Å². The topological polar surface area (TPSA) is 22.1 Å². The number of hydrogen-bond acceptors (Lipinski definition) is 3. The third-order valence-electron chi connectivity index (χ3n) is 1.87. The SMILES string of the molecule is Clc1ccc(SCC2COC2)nc1. The van der Waals surface area contributed by atoms with Gasteiger partial charge in [0.2, 0.25) is 0 Å². The molecule has 0 saturated carbocycles. The smallest absolute Gasteiger partial charge is 0.0961 e. The summed E-state index contributed by atoms with van der Waals surface area (Å²) in [6.07, 6.45) is 1.68. The lowest BCUT2D eigenvalue weighted by Crippen LogP contribution is -2.29. The van der Waals surface area contributed by atoms with Crippen molar-refractivity contribution in [3.05, 3.63) is 23.4 Å². The minimum Gasteiger partial charge on any atom is -0.381 e. The molecule has 0 unspecified atom stereocenters. The summed E-state index contributed by atoms with van der Waals surface area (Å²) >= 11 is 7.48. The minimum absolute atomic E-state index is 0.691. The molecule has 0 radical (unpaired) electrons. The lowest BCUT2D eigenvalue weighted by Gasteiger charge is -2.25. The van der Waals surface area contributed by atoms with Crippen LogP contribution in [-0.2, 0) is 4.74 Å². The van der Waals surface area contributed by atoms with Gasteiger partial charge in [-0.25, -0.2) is 4.98 Å². The molecule has 0 aliphatic carbocycles. The van der Waals surface area contributed by atoms with Gasteiger partial charge < -0.3 is 4.74 Å². The summed E-state index contributed by atoms with van der Waals surface area (Å²) in [5, 5.41) is 1.73. The number of nitrogens with zero attached hydrogens (tertiary/aromatic N) is 1. The van der Waals surface area contributed by atoms with Crippen LogP contribution in [0.15, 0.2) is 23.4 Å². The lowest BCUT2D eigenvalue weighted by atomic mass is 10.1. The van der Waals surface area contributed by atoms with Crippen LogP contribution in [-0.4, -0.2) is 24.0 Å². The Balaban J connectivity index is 1.83. The van der Waals surface area contributed by atoms with Gasteiger partial charge in [0, 0.05) is 17.9 Å². The van der Waals surface area contributed by atoms with E-state index >= 15 is 0 Å². The molecule has 0 spiro atoms. The van der Waals surface area contributed by atoms with Crippen molar-refractivity contribution in [3.63, 3.8) is 0 Å². The van der Waals surface area contributed by atoms with Crippen LogP contribution in [0.2, 0.25) is 5.02 Å². The van der Waals surface area contributed by atoms with Crippen LogP contribution < -0.4 is 0 Å². The molecule has 1 fully saturated rings. The number of hydrogen-bond donors (Lipinski definition) is 0. The van der Waals surface area contributed by atoms with E-state index in [1.807, 2.05) is 12.1 Å². The molecule has 4 heteroatoms. The quantitative estimate of drug-likeness (QED) is 0.724. The zero-order chi connectivity index (χ0) is 9.10. The number of aromatic nitrogens is 1. The van der Waals surface area contributed by atoms with Crippen LogP contribution in [0.4, 0.5) is 0 Å². The Hall–Kier alpha value is -0.250. The number of rotatable bonds is 3. The van der Waals surface area contributed by atoms with Crippen molar-refractivity contribution in [2.75, 3.05) is 19.0 Å². The summed E-state index contributed by atoms with van der Waals surface area (Å²) in [6, 6.07) is 3.82. The number of thioether (sulfide) groups is 1. The van der Waals surface area contributed by atoms with Crippen LogP contribution >= 0.6 is 23.4 Å². The predicted molar refractivity (Wildman–Crippen MR) is 54.3 cm³/mol. The van der Waals surface area contributed by atoms with Crippen LogP contribution in [0.25, 0.3) is 0 Å². The van der Waals surface area contributed by atoms with Gasteiger partial charge in [-0.3, -0.25) is 0 Å². The van der Waals surface area contributed by atoms with Gasteiger partial charge in [0.25, 0.3) is 0 Å². The maximum Gasteiger partial charge on any atom is 0.0961 e. The first-order chi connectivity index (χ1) is 6.34. The van der Waals surface area contributed by atoms with Crippen molar-refractivity contribution in [1.82, 2.24) is 4.98 Å². The largest absolute Gasteiger partial charge is 0.381 e. The van der Waals surface area contributed by atoms with Crippen molar-refractivity contribution in [2.45, 2.75) is 5.03 Å². The zero-order valence-corrected chi connectivity index (χ0v) is 8.64. The van der Waals surface area contributed by atoms with Gasteiger partial charge in [-0.2, -0.15) is 0 Å². The van der Waals surface area contributed by atoms with Crippen molar-refractivity contribution in [1.29, 1.82) is 0 Å². The van der Waals surface area contributed by atoms with Gasteiger partial charge >= 0.3 is 0 Å². The molecule has 70 valence electrons. The molecule has 13 heavy (non-hydrogen) atoms. The van der Waals surface area contributed by atoms with E-state index in [9.17, 15) is 0 Å². The van der Waals surface area contributed by atoms with Crippen LogP contribution in [0, 0.1) is 5.92 Å². The van der Waals surface area contributed by atoms with E-state index in [1.54, 1.807) is 18.0 Å². The molecule has 1 aliphatic heterocycles. The molecule has 1 saturated heterocycles. The molecule has 0 atom stereocenters. The van der Waals surface area contributed by atoms with Gasteiger partial charge in [-0.05, 0) is 12.1 Å². The summed E-state index contributed by atoms with van der Waals surface area (Å²) in [5.74, 6) is 1.80. The van der Waals surface area contributed by atoms with Crippen LogP contribution in [0.1, 0.15) is 0 Å². The second-order valence-electron chi connectivity index (χ2n) is 3.03. The lowest BCUT2D eigenvalue weighted by molar-refractivity contribution is -0.0196. The molecule has 1 aromatic rings. The summed E-state index contributed by atoms with van der Waals surface area (Å²) in [6.45, 7) is 1.81. The van der Waals surface area contributed by atoms with E-state index < -0.39 is 0 Å². The highest BCUT2D eigenvalue weighted by molar-refractivity contribution is 7.99. The zero-order valence-electron chi connectivity index (χ0n) is 7.07. The number of ether oxygens (including phenoxy) is 1. The van der Waals surface area contributed by atoms with Gasteiger partial charge in [0.1, 0.15) is 0 Å². The molecule has 2 heterocycles. The molecule has 0 N–H and O–H groups in total. The summed E-state index contributed by atoms with van der Waals surface area (Å²) < 4.78 is 5.09. The Kier molecular flexibility index (Phi) is 3.09. The molecule has 0 amide bonds. The molecular formula is C9H10ClNOS. The molecule has 2 rings (SSSR count). The maximum absolute atomic E-state index is 5.72. The second kappa shape index (κ2) is 4.31. The Morgan fingerprint density at radius 3 is 2.92 bits per heavy atom. The molecule has 2 nitrogen and oxygen atoms in total. The van der Waals surface area contributed by atoms with Gasteiger partial charge in [-0.1, -0.05) is 11.6 Å². The van der Waals surface area contributed by atoms with E-state index in [1.165, 1.54) is 0 Å². The van der Waals surface area contributed by atoms with E-state index in [-0.39, 0.29) is 0 Å². The first-order valence-corrected chi connectivity index (χ1v) is 5.53. The highest BCUT2D eigenvalue weighted by atomic mass is 35.5. The monoisotopic (exact) mass is 215 g/mol. The van der Waals surface area contributed by atoms with E-state index in [2.05, 4.69) is 4.98 Å². The van der Waals surface area contributed by atoms with Crippen molar-refractivity contribution in [2.24, 2.45) is 5.92 Å². The van der Waals surface area contributed by atoms with Gasteiger partial charge in [0.05, 0.1) is 23.3 Å². The third-order valence-corrected chi connectivity index (χ3v) is 3.27. The van der Waals surface area contributed by atoms with Crippen molar-refractivity contribution in [3.8, 4) is 0 Å². The Labute approximate surface area is 86.6 Å². The van der Waals surface area contributed by atoms with Crippen LogP contribution in [0.5, 0.6) is 0 Å². The number of pyridine rings is 1. The first kappa shape index (κ1) is 9.31. The van der Waals surface area contributed by atoms with Crippen molar-refractivity contribution < 1.29 is 4.74 Å². The maximum atomic E-state index is 5.72. The summed E-state index contributed by atoms with van der Waals surface area (Å²) in [4.78, 5) is 4.20. The Bertz CT molecular complexity index is 273. The van der Waals surface area contributed by atoms with Crippen molar-refractivity contribution >= 4 is 23.4 Å².